The van der Waals surface area contributed by atoms with E-state index in [1.165, 1.54) is 0 Å². The van der Waals surface area contributed by atoms with E-state index in [1.807, 2.05) is 29.8 Å². The molecule has 0 fully saturated rings. The molecule has 0 unspecified atom stereocenters. The van der Waals surface area contributed by atoms with Crippen molar-refractivity contribution < 1.29 is 14.3 Å². The van der Waals surface area contributed by atoms with Crippen molar-refractivity contribution >= 4 is 24.0 Å². The zero-order valence-electron chi connectivity index (χ0n) is 18.2. The highest BCUT2D eigenvalue weighted by molar-refractivity contribution is 6.00. The van der Waals surface area contributed by atoms with Gasteiger partial charge in [0.1, 0.15) is 0 Å². The molecule has 3 rings (SSSR count). The molecule has 9 heteroatoms. The molecule has 3 aromatic rings. The molecule has 0 saturated heterocycles. The van der Waals surface area contributed by atoms with E-state index in [1.54, 1.807) is 51.0 Å². The number of ether oxygens (including phenoxy) is 2. The maximum atomic E-state index is 13.0. The van der Waals surface area contributed by atoms with Crippen LogP contribution in [0, 0.1) is 11.3 Å². The van der Waals surface area contributed by atoms with Gasteiger partial charge in [0.05, 0.1) is 37.7 Å². The summed E-state index contributed by atoms with van der Waals surface area (Å²) >= 11 is 0. The predicted octanol–water partition coefficient (Wildman–Crippen LogP) is 3.62. The van der Waals surface area contributed by atoms with Gasteiger partial charge in [0.2, 0.25) is 0 Å². The van der Waals surface area contributed by atoms with E-state index in [4.69, 9.17) is 9.47 Å². The average molecular weight is 456 g/mol. The average Bonchev–Trinajstić information content (AvgIpc) is 3.30. The molecule has 1 heterocycles. The first-order valence-corrected chi connectivity index (χ1v) is 9.79. The monoisotopic (exact) mass is 455 g/mol. The first kappa shape index (κ1) is 24.6. The second-order valence-electron chi connectivity index (χ2n) is 7.05. The normalized spacial score (nSPS) is 10.9. The second-order valence-corrected chi connectivity index (χ2v) is 7.05. The molecule has 1 atom stereocenters. The maximum Gasteiger partial charge on any atom is 0.253 e. The fourth-order valence-corrected chi connectivity index (χ4v) is 3.22. The van der Waals surface area contributed by atoms with Crippen LogP contribution >= 0.6 is 12.4 Å². The molecule has 0 saturated carbocycles. The molecule has 1 amide bonds. The van der Waals surface area contributed by atoms with E-state index in [9.17, 15) is 10.1 Å². The maximum absolute atomic E-state index is 13.0. The summed E-state index contributed by atoms with van der Waals surface area (Å²) < 4.78 is 12.5. The number of hydrogen-bond acceptors (Lipinski definition) is 6. The number of carbonyl (C=O) groups excluding carboxylic acids is 1. The number of nitrogens with one attached hydrogen (secondary N) is 2. The van der Waals surface area contributed by atoms with Crippen LogP contribution in [0.25, 0.3) is 0 Å². The molecule has 0 radical (unpaired) electrons. The van der Waals surface area contributed by atoms with Crippen molar-refractivity contribution in [3.8, 4) is 17.6 Å². The van der Waals surface area contributed by atoms with Crippen LogP contribution in [0.5, 0.6) is 11.5 Å². The summed E-state index contributed by atoms with van der Waals surface area (Å²) in [6.45, 7) is 3.01. The number of aromatic nitrogens is 2. The highest BCUT2D eigenvalue weighted by Gasteiger charge is 2.15. The quantitative estimate of drug-likeness (QED) is 0.511. The lowest BCUT2D eigenvalue weighted by atomic mass is 10.1. The van der Waals surface area contributed by atoms with Crippen LogP contribution in [0.15, 0.2) is 55.1 Å². The van der Waals surface area contributed by atoms with E-state index in [-0.39, 0.29) is 24.4 Å². The van der Waals surface area contributed by atoms with Crippen molar-refractivity contribution in [2.75, 3.05) is 19.5 Å². The van der Waals surface area contributed by atoms with Crippen LogP contribution in [0.2, 0.25) is 0 Å². The molecular weight excluding hydrogens is 430 g/mol. The van der Waals surface area contributed by atoms with Crippen LogP contribution in [-0.4, -0.2) is 35.7 Å². The van der Waals surface area contributed by atoms with E-state index >= 15 is 0 Å². The minimum Gasteiger partial charge on any atom is -0.493 e. The van der Waals surface area contributed by atoms with E-state index in [2.05, 4.69) is 21.7 Å². The van der Waals surface area contributed by atoms with Crippen molar-refractivity contribution in [3.05, 3.63) is 71.8 Å². The fraction of sp³-hybridized carbons (Fsp3) is 0.261. The molecule has 0 bridgehead atoms. The number of benzene rings is 2. The van der Waals surface area contributed by atoms with Crippen molar-refractivity contribution in [2.24, 2.45) is 0 Å². The summed E-state index contributed by atoms with van der Waals surface area (Å²) in [4.78, 5) is 17.0. The minimum atomic E-state index is -0.274. The van der Waals surface area contributed by atoms with Crippen LogP contribution in [0.1, 0.15) is 28.4 Å². The highest BCUT2D eigenvalue weighted by Crippen LogP contribution is 2.27. The van der Waals surface area contributed by atoms with Gasteiger partial charge in [-0.1, -0.05) is 6.07 Å². The van der Waals surface area contributed by atoms with Gasteiger partial charge in [-0.25, -0.2) is 4.98 Å². The van der Waals surface area contributed by atoms with Gasteiger partial charge < -0.3 is 24.7 Å². The number of carbonyl (C=O) groups is 1. The Morgan fingerprint density at radius 2 is 1.97 bits per heavy atom. The lowest BCUT2D eigenvalue weighted by molar-refractivity contribution is 0.0951. The van der Waals surface area contributed by atoms with Crippen molar-refractivity contribution in [2.45, 2.75) is 26.1 Å². The van der Waals surface area contributed by atoms with Gasteiger partial charge >= 0.3 is 0 Å². The number of nitrogens with zero attached hydrogens (tertiary/aromatic N) is 3. The number of nitriles is 1. The largest absolute Gasteiger partial charge is 0.493 e. The smallest absolute Gasteiger partial charge is 0.253 e. The summed E-state index contributed by atoms with van der Waals surface area (Å²) in [5, 5.41) is 15.5. The van der Waals surface area contributed by atoms with Gasteiger partial charge in [-0.15, -0.1) is 12.4 Å². The minimum absolute atomic E-state index is 0. The summed E-state index contributed by atoms with van der Waals surface area (Å²) in [6, 6.07) is 12.6. The van der Waals surface area contributed by atoms with Crippen LogP contribution in [0.4, 0.5) is 5.69 Å². The summed E-state index contributed by atoms with van der Waals surface area (Å²) in [5.41, 5.74) is 2.36. The van der Waals surface area contributed by atoms with Crippen LogP contribution in [-0.2, 0) is 13.1 Å². The lowest BCUT2D eigenvalue weighted by Gasteiger charge is -2.19. The van der Waals surface area contributed by atoms with Gasteiger partial charge in [0, 0.05) is 37.2 Å². The number of rotatable bonds is 9. The van der Waals surface area contributed by atoms with Crippen molar-refractivity contribution in [1.82, 2.24) is 14.9 Å². The molecule has 32 heavy (non-hydrogen) atoms. The molecule has 2 aromatic carbocycles. The molecular formula is C23H26ClN5O3. The third-order valence-electron chi connectivity index (χ3n) is 4.74. The third-order valence-corrected chi connectivity index (χ3v) is 4.74. The number of hydrogen-bond donors (Lipinski definition) is 2. The molecule has 1 aromatic heterocycles. The summed E-state index contributed by atoms with van der Waals surface area (Å²) in [7, 11) is 3.14. The van der Waals surface area contributed by atoms with E-state index < -0.39 is 0 Å². The Kier molecular flexibility index (Phi) is 8.93. The van der Waals surface area contributed by atoms with E-state index in [0.29, 0.717) is 41.4 Å². The van der Waals surface area contributed by atoms with Gasteiger partial charge in [-0.05, 0) is 42.8 Å². The van der Waals surface area contributed by atoms with Crippen molar-refractivity contribution in [3.63, 3.8) is 0 Å². The second kappa shape index (κ2) is 11.6. The first-order valence-electron chi connectivity index (χ1n) is 9.79. The number of amides is 1. The Morgan fingerprint density at radius 1 is 1.19 bits per heavy atom. The van der Waals surface area contributed by atoms with Crippen LogP contribution in [0.3, 0.4) is 0 Å². The molecule has 8 nitrogen and oxygen atoms in total. The topological polar surface area (TPSA) is 101 Å². The Bertz CT molecular complexity index is 1080. The molecule has 0 spiro atoms. The molecule has 0 aliphatic heterocycles. The van der Waals surface area contributed by atoms with Gasteiger partial charge in [0.25, 0.3) is 5.91 Å². The number of methoxy groups -OCH3 is 2. The standard InChI is InChI=1S/C23H25N5O3.ClH/c1-16(14-28-9-8-25-15-28)27-20-6-4-17(12-24)10-19(20)23(29)26-13-18-5-7-21(30-2)22(11-18)31-3;/h4-11,15-16,27H,13-14H2,1-3H3,(H,26,29);1H/t16-;/m0./s1. The molecule has 2 N–H and O–H groups in total. The summed E-state index contributed by atoms with van der Waals surface area (Å²) in [5.74, 6) is 0.943. The number of anilines is 1. The third kappa shape index (κ3) is 6.15. The van der Waals surface area contributed by atoms with Gasteiger partial charge in [-0.3, -0.25) is 4.79 Å². The molecule has 0 aliphatic carbocycles. The van der Waals surface area contributed by atoms with Gasteiger partial charge in [0.15, 0.2) is 11.5 Å². The van der Waals surface area contributed by atoms with Crippen molar-refractivity contribution in [1.29, 1.82) is 5.26 Å². The Labute approximate surface area is 193 Å². The summed E-state index contributed by atoms with van der Waals surface area (Å²) in [6.07, 6.45) is 5.35. The predicted molar refractivity (Wildman–Crippen MR) is 124 cm³/mol. The SMILES string of the molecule is COc1ccc(CNC(=O)c2cc(C#N)ccc2N[C@@H](C)Cn2ccnc2)cc1OC.Cl. The lowest BCUT2D eigenvalue weighted by Crippen LogP contribution is -2.27. The fourth-order valence-electron chi connectivity index (χ4n) is 3.22. The Morgan fingerprint density at radius 3 is 2.62 bits per heavy atom. The molecule has 168 valence electrons. The zero-order chi connectivity index (χ0) is 22.2. The number of halogens is 1. The Hall–Kier alpha value is -3.70. The van der Waals surface area contributed by atoms with Gasteiger partial charge in [-0.2, -0.15) is 5.26 Å². The van der Waals surface area contributed by atoms with E-state index in [0.717, 1.165) is 5.56 Å². The number of imidazole rings is 1. The Balaban J connectivity index is 0.00000363. The highest BCUT2D eigenvalue weighted by atomic mass is 35.5. The van der Waals surface area contributed by atoms with Crippen LogP contribution < -0.4 is 20.1 Å². The molecule has 0 aliphatic rings. The zero-order valence-corrected chi connectivity index (χ0v) is 19.0. The first-order chi connectivity index (χ1) is 15.0.